The van der Waals surface area contributed by atoms with Crippen LogP contribution < -0.4 is 0 Å². The first-order valence-corrected chi connectivity index (χ1v) is 7.56. The lowest BCUT2D eigenvalue weighted by atomic mass is 10.2. The standard InChI is InChI=1S/C14H13ClFN3S/c1-8-3-12-11(4-10(8)16)18-13(5-15)19(12)7-14-17-6-9(2)20-14/h3-4,6H,5,7H2,1-2H3. The summed E-state index contributed by atoms with van der Waals surface area (Å²) in [6.45, 7) is 4.39. The molecule has 3 nitrogen and oxygen atoms in total. The van der Waals surface area contributed by atoms with Crippen molar-refractivity contribution < 1.29 is 4.39 Å². The Morgan fingerprint density at radius 1 is 1.35 bits per heavy atom. The zero-order valence-corrected chi connectivity index (χ0v) is 12.7. The molecule has 0 fully saturated rings. The van der Waals surface area contributed by atoms with Crippen LogP contribution in [0.25, 0.3) is 11.0 Å². The van der Waals surface area contributed by atoms with Gasteiger partial charge in [-0.25, -0.2) is 14.4 Å². The molecule has 1 aromatic carbocycles. The van der Waals surface area contributed by atoms with Crippen LogP contribution in [0.3, 0.4) is 0 Å². The van der Waals surface area contributed by atoms with Gasteiger partial charge in [-0.2, -0.15) is 0 Å². The van der Waals surface area contributed by atoms with Gasteiger partial charge in [0, 0.05) is 17.1 Å². The Morgan fingerprint density at radius 3 is 2.80 bits per heavy atom. The minimum atomic E-state index is -0.242. The monoisotopic (exact) mass is 309 g/mol. The summed E-state index contributed by atoms with van der Waals surface area (Å²) in [6.07, 6.45) is 1.85. The van der Waals surface area contributed by atoms with E-state index in [9.17, 15) is 4.39 Å². The van der Waals surface area contributed by atoms with E-state index in [4.69, 9.17) is 11.6 Å². The number of imidazole rings is 1. The molecule has 0 aliphatic rings. The molecule has 3 aromatic rings. The van der Waals surface area contributed by atoms with E-state index in [2.05, 4.69) is 9.97 Å². The van der Waals surface area contributed by atoms with E-state index in [0.717, 1.165) is 16.3 Å². The van der Waals surface area contributed by atoms with Crippen molar-refractivity contribution in [1.82, 2.24) is 14.5 Å². The van der Waals surface area contributed by atoms with E-state index in [0.29, 0.717) is 23.5 Å². The van der Waals surface area contributed by atoms with E-state index >= 15 is 0 Å². The predicted molar refractivity (Wildman–Crippen MR) is 79.9 cm³/mol. The summed E-state index contributed by atoms with van der Waals surface area (Å²) >= 11 is 7.60. The largest absolute Gasteiger partial charge is 0.320 e. The number of benzene rings is 1. The smallest absolute Gasteiger partial charge is 0.128 e. The Morgan fingerprint density at radius 2 is 2.15 bits per heavy atom. The number of halogens is 2. The fourth-order valence-electron chi connectivity index (χ4n) is 2.19. The Hall–Kier alpha value is -1.46. The molecular formula is C14H13ClFN3S. The van der Waals surface area contributed by atoms with Gasteiger partial charge in [-0.15, -0.1) is 22.9 Å². The number of hydrogen-bond donors (Lipinski definition) is 0. The number of thiazole rings is 1. The molecule has 2 heterocycles. The maximum Gasteiger partial charge on any atom is 0.128 e. The number of nitrogens with zero attached hydrogens (tertiary/aromatic N) is 3. The highest BCUT2D eigenvalue weighted by Gasteiger charge is 2.13. The molecule has 20 heavy (non-hydrogen) atoms. The van der Waals surface area contributed by atoms with Crippen LogP contribution in [0.2, 0.25) is 0 Å². The van der Waals surface area contributed by atoms with Gasteiger partial charge in [0.2, 0.25) is 0 Å². The molecule has 2 aromatic heterocycles. The Kier molecular flexibility index (Phi) is 3.48. The van der Waals surface area contributed by atoms with Crippen LogP contribution in [0.1, 0.15) is 21.3 Å². The highest BCUT2D eigenvalue weighted by molar-refractivity contribution is 7.11. The summed E-state index contributed by atoms with van der Waals surface area (Å²) in [7, 11) is 0. The first kappa shape index (κ1) is 13.5. The van der Waals surface area contributed by atoms with Crippen molar-refractivity contribution in [3.63, 3.8) is 0 Å². The van der Waals surface area contributed by atoms with Crippen LogP contribution in [-0.4, -0.2) is 14.5 Å². The van der Waals surface area contributed by atoms with Gasteiger partial charge in [-0.1, -0.05) is 0 Å². The SMILES string of the molecule is Cc1cnc(Cn2c(CCl)nc3cc(F)c(C)cc32)s1. The zero-order valence-electron chi connectivity index (χ0n) is 11.2. The van der Waals surface area contributed by atoms with Gasteiger partial charge in [-0.05, 0) is 25.5 Å². The number of hydrogen-bond acceptors (Lipinski definition) is 3. The minimum absolute atomic E-state index is 0.242. The van der Waals surface area contributed by atoms with Crippen molar-refractivity contribution >= 4 is 34.0 Å². The van der Waals surface area contributed by atoms with Gasteiger partial charge >= 0.3 is 0 Å². The summed E-state index contributed by atoms with van der Waals surface area (Å²) in [4.78, 5) is 9.94. The third-order valence-corrected chi connectivity index (χ3v) is 4.33. The number of aryl methyl sites for hydroxylation is 2. The second kappa shape index (κ2) is 5.14. The summed E-state index contributed by atoms with van der Waals surface area (Å²) in [6, 6.07) is 3.28. The minimum Gasteiger partial charge on any atom is -0.320 e. The number of alkyl halides is 1. The van der Waals surface area contributed by atoms with Crippen molar-refractivity contribution in [3.8, 4) is 0 Å². The third-order valence-electron chi connectivity index (χ3n) is 3.19. The Balaban J connectivity index is 2.14. The molecular weight excluding hydrogens is 297 g/mol. The summed E-state index contributed by atoms with van der Waals surface area (Å²) < 4.78 is 15.6. The molecule has 104 valence electrons. The second-order valence-corrected chi connectivity index (χ2v) is 6.29. The summed E-state index contributed by atoms with van der Waals surface area (Å²) in [5.41, 5.74) is 2.14. The van der Waals surface area contributed by atoms with Crippen LogP contribution in [0, 0.1) is 19.7 Å². The molecule has 0 saturated carbocycles. The first-order chi connectivity index (χ1) is 9.58. The fraction of sp³-hybridized carbons (Fsp3) is 0.286. The average molecular weight is 310 g/mol. The van der Waals surface area contributed by atoms with Crippen molar-refractivity contribution in [3.05, 3.63) is 45.4 Å². The summed E-state index contributed by atoms with van der Waals surface area (Å²) in [5.74, 6) is 0.785. The molecule has 0 bridgehead atoms. The molecule has 0 aliphatic heterocycles. The topological polar surface area (TPSA) is 30.7 Å². The number of fused-ring (bicyclic) bond motifs is 1. The van der Waals surface area contributed by atoms with Crippen molar-refractivity contribution in [1.29, 1.82) is 0 Å². The van der Waals surface area contributed by atoms with Gasteiger partial charge in [0.1, 0.15) is 16.6 Å². The Labute approximate surface area is 125 Å². The highest BCUT2D eigenvalue weighted by Crippen LogP contribution is 2.23. The molecule has 0 aliphatic carbocycles. The molecule has 0 atom stereocenters. The second-order valence-electron chi connectivity index (χ2n) is 4.70. The molecule has 0 spiro atoms. The van der Waals surface area contributed by atoms with Crippen LogP contribution in [0.5, 0.6) is 0 Å². The van der Waals surface area contributed by atoms with Crippen LogP contribution >= 0.6 is 22.9 Å². The predicted octanol–water partition coefficient (Wildman–Crippen LogP) is 4.04. The zero-order chi connectivity index (χ0) is 14.3. The van der Waals surface area contributed by atoms with E-state index in [1.807, 2.05) is 23.8 Å². The number of rotatable bonds is 3. The van der Waals surface area contributed by atoms with Crippen molar-refractivity contribution in [2.75, 3.05) is 0 Å². The number of aromatic nitrogens is 3. The van der Waals surface area contributed by atoms with E-state index < -0.39 is 0 Å². The maximum atomic E-state index is 13.6. The molecule has 0 saturated heterocycles. The van der Waals surface area contributed by atoms with Gasteiger partial charge in [0.15, 0.2) is 0 Å². The third kappa shape index (κ3) is 2.31. The highest BCUT2D eigenvalue weighted by atomic mass is 35.5. The van der Waals surface area contributed by atoms with Gasteiger partial charge < -0.3 is 4.57 Å². The van der Waals surface area contributed by atoms with E-state index in [1.165, 1.54) is 10.9 Å². The maximum absolute atomic E-state index is 13.6. The average Bonchev–Trinajstić information content (AvgIpc) is 2.96. The van der Waals surface area contributed by atoms with Gasteiger partial charge in [0.05, 0.1) is 23.5 Å². The molecule has 0 radical (unpaired) electrons. The van der Waals surface area contributed by atoms with E-state index in [1.54, 1.807) is 18.3 Å². The molecule has 3 rings (SSSR count). The lowest BCUT2D eigenvalue weighted by molar-refractivity contribution is 0.620. The molecule has 0 unspecified atom stereocenters. The van der Waals surface area contributed by atoms with Crippen LogP contribution in [-0.2, 0) is 12.4 Å². The lowest BCUT2D eigenvalue weighted by Gasteiger charge is -2.06. The Bertz CT molecular complexity index is 778. The lowest BCUT2D eigenvalue weighted by Crippen LogP contribution is -2.03. The van der Waals surface area contributed by atoms with Gasteiger partial charge in [0.25, 0.3) is 0 Å². The van der Waals surface area contributed by atoms with Crippen molar-refractivity contribution in [2.24, 2.45) is 0 Å². The quantitative estimate of drug-likeness (QED) is 0.684. The molecule has 6 heteroatoms. The molecule has 0 amide bonds. The van der Waals surface area contributed by atoms with Crippen LogP contribution in [0.15, 0.2) is 18.3 Å². The van der Waals surface area contributed by atoms with E-state index in [-0.39, 0.29) is 5.82 Å². The van der Waals surface area contributed by atoms with Gasteiger partial charge in [-0.3, -0.25) is 0 Å². The fourth-order valence-corrected chi connectivity index (χ4v) is 3.17. The van der Waals surface area contributed by atoms with Crippen LogP contribution in [0.4, 0.5) is 4.39 Å². The normalized spacial score (nSPS) is 11.4. The first-order valence-electron chi connectivity index (χ1n) is 6.21. The summed E-state index contributed by atoms with van der Waals surface area (Å²) in [5, 5.41) is 0.996. The van der Waals surface area contributed by atoms with Crippen molar-refractivity contribution in [2.45, 2.75) is 26.3 Å². The molecule has 0 N–H and O–H groups in total.